The Morgan fingerprint density at radius 1 is 1.20 bits per heavy atom. The maximum Gasteiger partial charge on any atom is 0.0558 e. The summed E-state index contributed by atoms with van der Waals surface area (Å²) >= 11 is 7.94. The molecule has 4 heteroatoms. The fourth-order valence-electron chi connectivity index (χ4n) is 3.05. The van der Waals surface area contributed by atoms with E-state index in [1.165, 1.54) is 10.4 Å². The smallest absolute Gasteiger partial charge is 0.0558 e. The van der Waals surface area contributed by atoms with E-state index in [1.54, 1.807) is 11.3 Å². The molecule has 20 heavy (non-hydrogen) atoms. The molecular weight excluding hydrogens is 288 g/mol. The van der Waals surface area contributed by atoms with Crippen molar-refractivity contribution >= 4 is 22.9 Å². The Morgan fingerprint density at radius 2 is 2.00 bits per heavy atom. The second-order valence-electron chi connectivity index (χ2n) is 5.40. The van der Waals surface area contributed by atoms with Crippen molar-refractivity contribution in [2.45, 2.75) is 12.5 Å². The molecule has 2 heterocycles. The lowest BCUT2D eigenvalue weighted by atomic mass is 9.89. The highest BCUT2D eigenvalue weighted by Crippen LogP contribution is 2.34. The van der Waals surface area contributed by atoms with Gasteiger partial charge in [0.15, 0.2) is 0 Å². The zero-order chi connectivity index (χ0) is 13.9. The van der Waals surface area contributed by atoms with Crippen LogP contribution < -0.4 is 5.73 Å². The molecule has 2 N–H and O–H groups in total. The maximum absolute atomic E-state index is 6.20. The topological polar surface area (TPSA) is 29.3 Å². The van der Waals surface area contributed by atoms with Gasteiger partial charge in [-0.2, -0.15) is 0 Å². The Hall–Kier alpha value is -0.870. The summed E-state index contributed by atoms with van der Waals surface area (Å²) in [4.78, 5) is 3.74. The Bertz CT molecular complexity index is 555. The lowest BCUT2D eigenvalue weighted by Crippen LogP contribution is -2.23. The van der Waals surface area contributed by atoms with Gasteiger partial charge < -0.3 is 5.73 Å². The highest BCUT2D eigenvalue weighted by atomic mass is 35.5. The van der Waals surface area contributed by atoms with Crippen LogP contribution in [0, 0.1) is 5.92 Å². The van der Waals surface area contributed by atoms with Crippen molar-refractivity contribution in [3.05, 3.63) is 57.2 Å². The zero-order valence-electron chi connectivity index (χ0n) is 11.3. The number of nitrogens with zero attached hydrogens (tertiary/aromatic N) is 1. The lowest BCUT2D eigenvalue weighted by Gasteiger charge is -2.16. The van der Waals surface area contributed by atoms with Crippen molar-refractivity contribution in [1.29, 1.82) is 0 Å². The minimum absolute atomic E-state index is 0.538. The molecule has 1 aromatic carbocycles. The fraction of sp³-hybridized carbons (Fsp3) is 0.375. The summed E-state index contributed by atoms with van der Waals surface area (Å²) < 4.78 is 0. The Balaban J connectivity index is 1.73. The highest BCUT2D eigenvalue weighted by Gasteiger charge is 2.32. The normalized spacial score (nSPS) is 23.3. The molecule has 0 radical (unpaired) electrons. The average molecular weight is 307 g/mol. The van der Waals surface area contributed by atoms with Gasteiger partial charge in [-0.3, -0.25) is 4.90 Å². The van der Waals surface area contributed by atoms with E-state index >= 15 is 0 Å². The molecule has 0 saturated carbocycles. The van der Waals surface area contributed by atoms with Crippen LogP contribution in [0.15, 0.2) is 41.8 Å². The molecule has 3 rings (SSSR count). The molecule has 0 amide bonds. The van der Waals surface area contributed by atoms with Crippen molar-refractivity contribution in [3.63, 3.8) is 0 Å². The summed E-state index contributed by atoms with van der Waals surface area (Å²) in [5.41, 5.74) is 7.38. The number of thiophene rings is 1. The molecule has 1 aliphatic heterocycles. The molecule has 1 saturated heterocycles. The van der Waals surface area contributed by atoms with E-state index in [0.717, 1.165) is 31.2 Å². The summed E-state index contributed by atoms with van der Waals surface area (Å²) in [6, 6.07) is 12.7. The van der Waals surface area contributed by atoms with E-state index in [1.807, 2.05) is 6.07 Å². The van der Waals surface area contributed by atoms with Crippen LogP contribution >= 0.6 is 22.9 Å². The fourth-order valence-corrected chi connectivity index (χ4v) is 4.18. The van der Waals surface area contributed by atoms with E-state index in [4.69, 9.17) is 17.3 Å². The first-order chi connectivity index (χ1) is 9.78. The molecule has 2 atom stereocenters. The Morgan fingerprint density at radius 3 is 2.65 bits per heavy atom. The molecule has 2 nitrogen and oxygen atoms in total. The van der Waals surface area contributed by atoms with E-state index in [2.05, 4.69) is 40.6 Å². The van der Waals surface area contributed by atoms with Crippen molar-refractivity contribution in [3.8, 4) is 0 Å². The third kappa shape index (κ3) is 2.91. The second kappa shape index (κ2) is 6.27. The second-order valence-corrected chi connectivity index (χ2v) is 6.81. The quantitative estimate of drug-likeness (QED) is 0.935. The predicted octanol–water partition coefficient (Wildman–Crippen LogP) is 3.58. The Kier molecular flexibility index (Phi) is 4.41. The summed E-state index contributed by atoms with van der Waals surface area (Å²) in [7, 11) is 0. The van der Waals surface area contributed by atoms with Gasteiger partial charge in [0.1, 0.15) is 0 Å². The van der Waals surface area contributed by atoms with Crippen LogP contribution in [0.25, 0.3) is 0 Å². The highest BCUT2D eigenvalue weighted by molar-refractivity contribution is 7.10. The summed E-state index contributed by atoms with van der Waals surface area (Å²) in [6.07, 6.45) is 0. The number of hydrogen-bond donors (Lipinski definition) is 1. The molecule has 1 fully saturated rings. The van der Waals surface area contributed by atoms with E-state index in [9.17, 15) is 0 Å². The standard InChI is InChI=1S/C16H19ClN2S/c17-15-6-7-20-16(15)11-19-9-13(8-18)14(10-19)12-4-2-1-3-5-12/h1-7,13-14H,8-11,18H2/t13-,14+/m1/s1. The number of hydrogen-bond acceptors (Lipinski definition) is 3. The summed E-state index contributed by atoms with van der Waals surface area (Å²) in [6.45, 7) is 3.81. The van der Waals surface area contributed by atoms with Gasteiger partial charge in [-0.15, -0.1) is 11.3 Å². The van der Waals surface area contributed by atoms with Crippen molar-refractivity contribution in [1.82, 2.24) is 4.90 Å². The molecule has 106 valence electrons. The van der Waals surface area contributed by atoms with E-state index in [-0.39, 0.29) is 0 Å². The number of likely N-dealkylation sites (tertiary alicyclic amines) is 1. The number of rotatable bonds is 4. The van der Waals surface area contributed by atoms with Gasteiger partial charge in [0.2, 0.25) is 0 Å². The molecular formula is C16H19ClN2S. The van der Waals surface area contributed by atoms with Crippen LogP contribution in [-0.2, 0) is 6.54 Å². The predicted molar refractivity (Wildman–Crippen MR) is 86.3 cm³/mol. The lowest BCUT2D eigenvalue weighted by molar-refractivity contribution is 0.320. The van der Waals surface area contributed by atoms with Crippen molar-refractivity contribution in [2.75, 3.05) is 19.6 Å². The molecule has 0 aliphatic carbocycles. The Labute approximate surface area is 129 Å². The van der Waals surface area contributed by atoms with Gasteiger partial charge in [0.05, 0.1) is 5.02 Å². The minimum Gasteiger partial charge on any atom is -0.330 e. The number of nitrogens with two attached hydrogens (primary N) is 1. The van der Waals surface area contributed by atoms with Crippen molar-refractivity contribution in [2.24, 2.45) is 11.7 Å². The SMILES string of the molecule is NC[C@@H]1CN(Cc2sccc2Cl)C[C@H]1c1ccccc1. The average Bonchev–Trinajstić information content (AvgIpc) is 3.07. The van der Waals surface area contributed by atoms with E-state index < -0.39 is 0 Å². The molecule has 2 aromatic rings. The molecule has 0 bridgehead atoms. The van der Waals surface area contributed by atoms with Gasteiger partial charge in [0, 0.05) is 30.4 Å². The van der Waals surface area contributed by atoms with Crippen LogP contribution in [0.1, 0.15) is 16.4 Å². The first-order valence-corrected chi connectivity index (χ1v) is 8.23. The molecule has 1 aliphatic rings. The molecule has 1 aromatic heterocycles. The third-order valence-corrected chi connectivity index (χ3v) is 5.48. The zero-order valence-corrected chi connectivity index (χ0v) is 12.9. The monoisotopic (exact) mass is 306 g/mol. The molecule has 0 spiro atoms. The van der Waals surface area contributed by atoms with Crippen LogP contribution in [0.3, 0.4) is 0 Å². The van der Waals surface area contributed by atoms with Crippen molar-refractivity contribution < 1.29 is 0 Å². The van der Waals surface area contributed by atoms with Crippen LogP contribution in [-0.4, -0.2) is 24.5 Å². The van der Waals surface area contributed by atoms with Gasteiger partial charge in [-0.05, 0) is 29.5 Å². The van der Waals surface area contributed by atoms with E-state index in [0.29, 0.717) is 11.8 Å². The van der Waals surface area contributed by atoms with Crippen LogP contribution in [0.5, 0.6) is 0 Å². The maximum atomic E-state index is 6.20. The third-order valence-electron chi connectivity index (χ3n) is 4.11. The first-order valence-electron chi connectivity index (χ1n) is 6.97. The van der Waals surface area contributed by atoms with Crippen LogP contribution in [0.4, 0.5) is 0 Å². The van der Waals surface area contributed by atoms with Gasteiger partial charge in [0.25, 0.3) is 0 Å². The number of benzene rings is 1. The summed E-state index contributed by atoms with van der Waals surface area (Å²) in [5, 5.41) is 2.95. The van der Waals surface area contributed by atoms with Gasteiger partial charge in [-0.1, -0.05) is 41.9 Å². The van der Waals surface area contributed by atoms with Gasteiger partial charge in [-0.25, -0.2) is 0 Å². The largest absolute Gasteiger partial charge is 0.330 e. The van der Waals surface area contributed by atoms with Gasteiger partial charge >= 0.3 is 0 Å². The molecule has 0 unspecified atom stereocenters. The van der Waals surface area contributed by atoms with Crippen LogP contribution in [0.2, 0.25) is 5.02 Å². The number of halogens is 1. The summed E-state index contributed by atoms with van der Waals surface area (Å²) in [5.74, 6) is 1.08. The minimum atomic E-state index is 0.538. The first kappa shape index (κ1) is 14.1.